The molecule has 0 radical (unpaired) electrons. The Morgan fingerprint density at radius 3 is 2.50 bits per heavy atom. The van der Waals surface area contributed by atoms with E-state index in [1.807, 2.05) is 20.9 Å². The van der Waals surface area contributed by atoms with E-state index in [0.717, 1.165) is 11.4 Å². The maximum atomic E-state index is 11.3. The summed E-state index contributed by atoms with van der Waals surface area (Å²) in [5.41, 5.74) is 1.95. The number of aromatic amines is 1. The Labute approximate surface area is 79.3 Å². The summed E-state index contributed by atoms with van der Waals surface area (Å²) in [6.07, 6.45) is 0. The molecule has 0 fully saturated rings. The first-order chi connectivity index (χ1) is 6.61. The lowest BCUT2D eigenvalue weighted by atomic mass is 10.3. The molecular formula is C7H10N6O. The number of nitrogens with zero attached hydrogens (tertiary/aromatic N) is 5. The van der Waals surface area contributed by atoms with Gasteiger partial charge in [0, 0.05) is 7.05 Å². The summed E-state index contributed by atoms with van der Waals surface area (Å²) in [4.78, 5) is 11.3. The second-order valence-corrected chi connectivity index (χ2v) is 3.06. The standard InChI is InChI=1S/C7H10N6O/c1-4-6(5(2)12(3)9-4)13-7(14)8-10-11-13/h1-3H3,(H,8,11,14). The Kier molecular flexibility index (Phi) is 1.73. The lowest BCUT2D eigenvalue weighted by Gasteiger charge is -1.97. The van der Waals surface area contributed by atoms with Crippen molar-refractivity contribution < 1.29 is 0 Å². The SMILES string of the molecule is Cc1nn(C)c(C)c1-n1nn[nH]c1=O. The third kappa shape index (κ3) is 1.05. The average molecular weight is 194 g/mol. The molecule has 0 atom stereocenters. The topological polar surface area (TPSA) is 81.4 Å². The molecule has 7 nitrogen and oxygen atoms in total. The van der Waals surface area contributed by atoms with Gasteiger partial charge in [-0.2, -0.15) is 9.78 Å². The number of nitrogens with one attached hydrogen (secondary N) is 1. The van der Waals surface area contributed by atoms with Crippen LogP contribution in [0.1, 0.15) is 11.4 Å². The smallest absolute Gasteiger partial charge is 0.270 e. The summed E-state index contributed by atoms with van der Waals surface area (Å²) in [7, 11) is 1.82. The van der Waals surface area contributed by atoms with Crippen molar-refractivity contribution >= 4 is 0 Å². The first-order valence-electron chi connectivity index (χ1n) is 4.12. The summed E-state index contributed by atoms with van der Waals surface area (Å²) in [5.74, 6) is 0. The fourth-order valence-corrected chi connectivity index (χ4v) is 1.41. The quantitative estimate of drug-likeness (QED) is 0.651. The zero-order valence-corrected chi connectivity index (χ0v) is 8.14. The van der Waals surface area contributed by atoms with Crippen LogP contribution in [0.5, 0.6) is 0 Å². The molecule has 2 aromatic heterocycles. The zero-order valence-electron chi connectivity index (χ0n) is 8.14. The highest BCUT2D eigenvalue weighted by molar-refractivity contribution is 5.39. The van der Waals surface area contributed by atoms with Crippen LogP contribution in [-0.4, -0.2) is 30.0 Å². The van der Waals surface area contributed by atoms with Crippen molar-refractivity contribution in [1.82, 2.24) is 30.0 Å². The van der Waals surface area contributed by atoms with Crippen LogP contribution in [0.2, 0.25) is 0 Å². The Bertz CT molecular complexity index is 519. The third-order valence-electron chi connectivity index (χ3n) is 2.15. The van der Waals surface area contributed by atoms with Gasteiger partial charge in [0.05, 0.1) is 11.4 Å². The van der Waals surface area contributed by atoms with Crippen LogP contribution in [0.25, 0.3) is 5.69 Å². The number of aryl methyl sites for hydroxylation is 2. The second kappa shape index (κ2) is 2.79. The minimum atomic E-state index is -0.357. The fourth-order valence-electron chi connectivity index (χ4n) is 1.41. The maximum absolute atomic E-state index is 11.3. The summed E-state index contributed by atoms with van der Waals surface area (Å²) >= 11 is 0. The summed E-state index contributed by atoms with van der Waals surface area (Å²) < 4.78 is 2.91. The average Bonchev–Trinajstić information content (AvgIpc) is 2.60. The second-order valence-electron chi connectivity index (χ2n) is 3.06. The molecule has 2 heterocycles. The first kappa shape index (κ1) is 8.67. The van der Waals surface area contributed by atoms with Crippen LogP contribution >= 0.6 is 0 Å². The van der Waals surface area contributed by atoms with Gasteiger partial charge in [0.1, 0.15) is 5.69 Å². The molecule has 2 rings (SSSR count). The molecule has 0 aliphatic carbocycles. The third-order valence-corrected chi connectivity index (χ3v) is 2.15. The van der Waals surface area contributed by atoms with Gasteiger partial charge in [0.2, 0.25) is 0 Å². The molecule has 0 saturated carbocycles. The number of tetrazole rings is 1. The van der Waals surface area contributed by atoms with Crippen LogP contribution in [0.15, 0.2) is 4.79 Å². The van der Waals surface area contributed by atoms with Crippen molar-refractivity contribution in [1.29, 1.82) is 0 Å². The molecule has 0 spiro atoms. The predicted octanol–water partition coefficient (Wildman–Crippen LogP) is -0.694. The molecule has 1 N–H and O–H groups in total. The molecule has 0 aliphatic rings. The van der Waals surface area contributed by atoms with Gasteiger partial charge in [0.25, 0.3) is 0 Å². The highest BCUT2D eigenvalue weighted by atomic mass is 16.2. The summed E-state index contributed by atoms with van der Waals surface area (Å²) in [6, 6.07) is 0. The van der Waals surface area contributed by atoms with E-state index in [-0.39, 0.29) is 5.69 Å². The minimum Gasteiger partial charge on any atom is -0.270 e. The van der Waals surface area contributed by atoms with E-state index in [2.05, 4.69) is 20.6 Å². The lowest BCUT2D eigenvalue weighted by Crippen LogP contribution is -2.17. The number of rotatable bonds is 1. The number of hydrogen-bond acceptors (Lipinski definition) is 4. The summed E-state index contributed by atoms with van der Waals surface area (Å²) in [5, 5.41) is 13.5. The van der Waals surface area contributed by atoms with E-state index in [0.29, 0.717) is 5.69 Å². The monoisotopic (exact) mass is 194 g/mol. The van der Waals surface area contributed by atoms with E-state index in [4.69, 9.17) is 0 Å². The maximum Gasteiger partial charge on any atom is 0.365 e. The largest absolute Gasteiger partial charge is 0.365 e. The van der Waals surface area contributed by atoms with Gasteiger partial charge in [-0.25, -0.2) is 9.89 Å². The van der Waals surface area contributed by atoms with Gasteiger partial charge in [-0.05, 0) is 24.3 Å². The van der Waals surface area contributed by atoms with Crippen molar-refractivity contribution in [2.45, 2.75) is 13.8 Å². The number of aromatic nitrogens is 6. The molecule has 0 unspecified atom stereocenters. The van der Waals surface area contributed by atoms with Crippen molar-refractivity contribution in [2.75, 3.05) is 0 Å². The molecule has 0 bridgehead atoms. The molecule has 7 heteroatoms. The van der Waals surface area contributed by atoms with E-state index in [1.165, 1.54) is 4.68 Å². The van der Waals surface area contributed by atoms with Crippen molar-refractivity contribution in [2.24, 2.45) is 7.05 Å². The van der Waals surface area contributed by atoms with Crippen molar-refractivity contribution in [3.8, 4) is 5.69 Å². The van der Waals surface area contributed by atoms with Crippen LogP contribution < -0.4 is 5.69 Å². The minimum absolute atomic E-state index is 0.357. The van der Waals surface area contributed by atoms with Crippen LogP contribution in [0.4, 0.5) is 0 Å². The Morgan fingerprint density at radius 2 is 2.07 bits per heavy atom. The van der Waals surface area contributed by atoms with E-state index >= 15 is 0 Å². The Hall–Kier alpha value is -1.92. The van der Waals surface area contributed by atoms with Crippen molar-refractivity contribution in [3.05, 3.63) is 21.9 Å². The van der Waals surface area contributed by atoms with Crippen LogP contribution in [0.3, 0.4) is 0 Å². The molecule has 2 aromatic rings. The molecule has 0 aromatic carbocycles. The molecular weight excluding hydrogens is 184 g/mol. The van der Waals surface area contributed by atoms with E-state index in [1.54, 1.807) is 4.68 Å². The Morgan fingerprint density at radius 1 is 1.36 bits per heavy atom. The van der Waals surface area contributed by atoms with Gasteiger partial charge < -0.3 is 0 Å². The van der Waals surface area contributed by atoms with Gasteiger partial charge >= 0.3 is 5.69 Å². The molecule has 0 amide bonds. The number of H-pyrrole nitrogens is 1. The summed E-state index contributed by atoms with van der Waals surface area (Å²) in [6.45, 7) is 3.69. The number of hydrogen-bond donors (Lipinski definition) is 1. The van der Waals surface area contributed by atoms with Gasteiger partial charge in [0.15, 0.2) is 0 Å². The lowest BCUT2D eigenvalue weighted by molar-refractivity contribution is 0.726. The molecule has 0 saturated heterocycles. The highest BCUT2D eigenvalue weighted by Gasteiger charge is 2.14. The van der Waals surface area contributed by atoms with Crippen LogP contribution in [0, 0.1) is 13.8 Å². The van der Waals surface area contributed by atoms with Crippen molar-refractivity contribution in [3.63, 3.8) is 0 Å². The van der Waals surface area contributed by atoms with Gasteiger partial charge in [-0.15, -0.1) is 0 Å². The fraction of sp³-hybridized carbons (Fsp3) is 0.429. The highest BCUT2D eigenvalue weighted by Crippen LogP contribution is 2.13. The predicted molar refractivity (Wildman–Crippen MR) is 48.2 cm³/mol. The molecule has 74 valence electrons. The normalized spacial score (nSPS) is 10.8. The zero-order chi connectivity index (χ0) is 10.3. The Balaban J connectivity index is 2.74. The molecule has 0 aliphatic heterocycles. The van der Waals surface area contributed by atoms with E-state index < -0.39 is 0 Å². The van der Waals surface area contributed by atoms with Gasteiger partial charge in [-0.1, -0.05) is 0 Å². The van der Waals surface area contributed by atoms with Gasteiger partial charge in [-0.3, -0.25) is 4.68 Å². The van der Waals surface area contributed by atoms with E-state index in [9.17, 15) is 4.79 Å². The molecule has 14 heavy (non-hydrogen) atoms. The van der Waals surface area contributed by atoms with Crippen LogP contribution in [-0.2, 0) is 7.05 Å². The first-order valence-corrected chi connectivity index (χ1v) is 4.12.